The lowest BCUT2D eigenvalue weighted by Gasteiger charge is -2.19. The smallest absolute Gasteiger partial charge is 0.128 e. The van der Waals surface area contributed by atoms with Crippen molar-refractivity contribution >= 4 is 10.9 Å². The number of hydrogen-bond acceptors (Lipinski definition) is 3. The minimum absolute atomic E-state index is 0.0712. The topological polar surface area (TPSA) is 48.1 Å². The van der Waals surface area contributed by atoms with E-state index in [1.807, 2.05) is 30.3 Å². The van der Waals surface area contributed by atoms with Crippen molar-refractivity contribution < 1.29 is 4.74 Å². The quantitative estimate of drug-likeness (QED) is 0.879. The summed E-state index contributed by atoms with van der Waals surface area (Å²) in [6.45, 7) is 4.84. The van der Waals surface area contributed by atoms with Crippen molar-refractivity contribution in [1.29, 1.82) is 0 Å². The first-order chi connectivity index (χ1) is 8.72. The molecule has 1 aromatic heterocycles. The first-order valence-electron chi connectivity index (χ1n) is 6.44. The molecule has 0 spiro atoms. The standard InChI is InChI=1S/C15H20N2O/c1-3-11(2)13(16)10-18-15-8-4-7-14-12(15)6-5-9-17-14/h4-9,11,13H,3,10,16H2,1-2H3. The summed E-state index contributed by atoms with van der Waals surface area (Å²) in [5, 5.41) is 1.04. The second-order valence-corrected chi connectivity index (χ2v) is 4.69. The number of nitrogens with two attached hydrogens (primary N) is 1. The van der Waals surface area contributed by atoms with E-state index in [0.29, 0.717) is 12.5 Å². The molecule has 2 N–H and O–H groups in total. The van der Waals surface area contributed by atoms with Crippen molar-refractivity contribution in [3.05, 3.63) is 36.5 Å². The molecule has 0 aliphatic heterocycles. The molecule has 2 atom stereocenters. The van der Waals surface area contributed by atoms with E-state index in [0.717, 1.165) is 23.1 Å². The zero-order valence-electron chi connectivity index (χ0n) is 11.0. The van der Waals surface area contributed by atoms with E-state index in [2.05, 4.69) is 18.8 Å². The van der Waals surface area contributed by atoms with Crippen molar-refractivity contribution in [2.75, 3.05) is 6.61 Å². The molecule has 2 rings (SSSR count). The first kappa shape index (κ1) is 12.8. The van der Waals surface area contributed by atoms with Gasteiger partial charge in [-0.2, -0.15) is 0 Å². The highest BCUT2D eigenvalue weighted by molar-refractivity contribution is 5.84. The molecule has 0 saturated carbocycles. The van der Waals surface area contributed by atoms with E-state index in [1.165, 1.54) is 0 Å². The zero-order valence-corrected chi connectivity index (χ0v) is 11.0. The molecular weight excluding hydrogens is 224 g/mol. The van der Waals surface area contributed by atoms with Gasteiger partial charge in [0.2, 0.25) is 0 Å². The molecular formula is C15H20N2O. The molecule has 96 valence electrons. The fraction of sp³-hybridized carbons (Fsp3) is 0.400. The van der Waals surface area contributed by atoms with Gasteiger partial charge in [0.05, 0.1) is 5.52 Å². The Morgan fingerprint density at radius 3 is 2.89 bits per heavy atom. The number of hydrogen-bond donors (Lipinski definition) is 1. The Hall–Kier alpha value is -1.61. The second kappa shape index (κ2) is 5.83. The Balaban J connectivity index is 2.12. The Kier molecular flexibility index (Phi) is 4.15. The molecule has 0 aliphatic rings. The van der Waals surface area contributed by atoms with Gasteiger partial charge in [0.1, 0.15) is 12.4 Å². The van der Waals surface area contributed by atoms with Crippen molar-refractivity contribution in [2.24, 2.45) is 11.7 Å². The third kappa shape index (κ3) is 2.79. The molecule has 0 saturated heterocycles. The summed E-state index contributed by atoms with van der Waals surface area (Å²) in [4.78, 5) is 4.31. The third-order valence-corrected chi connectivity index (χ3v) is 3.41. The molecule has 18 heavy (non-hydrogen) atoms. The first-order valence-corrected chi connectivity index (χ1v) is 6.44. The molecule has 3 heteroatoms. The average Bonchev–Trinajstić information content (AvgIpc) is 2.43. The molecule has 0 amide bonds. The molecule has 0 radical (unpaired) electrons. The molecule has 2 aromatic rings. The van der Waals surface area contributed by atoms with Crippen molar-refractivity contribution in [3.8, 4) is 5.75 Å². The summed E-state index contributed by atoms with van der Waals surface area (Å²) in [6, 6.07) is 9.92. The minimum atomic E-state index is 0.0712. The van der Waals surface area contributed by atoms with Crippen molar-refractivity contribution in [1.82, 2.24) is 4.98 Å². The van der Waals surface area contributed by atoms with Crippen LogP contribution in [0.3, 0.4) is 0 Å². The van der Waals surface area contributed by atoms with E-state index >= 15 is 0 Å². The number of rotatable bonds is 5. The van der Waals surface area contributed by atoms with Gasteiger partial charge in [-0.25, -0.2) is 0 Å². The van der Waals surface area contributed by atoms with Gasteiger partial charge in [-0.05, 0) is 30.2 Å². The molecule has 0 aliphatic carbocycles. The van der Waals surface area contributed by atoms with E-state index in [4.69, 9.17) is 10.5 Å². The highest BCUT2D eigenvalue weighted by atomic mass is 16.5. The number of pyridine rings is 1. The Bertz CT molecular complexity index is 507. The summed E-state index contributed by atoms with van der Waals surface area (Å²) < 4.78 is 5.84. The van der Waals surface area contributed by atoms with Crippen LogP contribution in [0.5, 0.6) is 5.75 Å². The lowest BCUT2D eigenvalue weighted by Crippen LogP contribution is -2.34. The van der Waals surface area contributed by atoms with Crippen molar-refractivity contribution in [3.63, 3.8) is 0 Å². The van der Waals surface area contributed by atoms with Crippen LogP contribution in [0.1, 0.15) is 20.3 Å². The zero-order chi connectivity index (χ0) is 13.0. The van der Waals surface area contributed by atoms with Crippen molar-refractivity contribution in [2.45, 2.75) is 26.3 Å². The van der Waals surface area contributed by atoms with E-state index in [1.54, 1.807) is 6.20 Å². The van der Waals surface area contributed by atoms with Crippen LogP contribution in [0, 0.1) is 5.92 Å². The van der Waals surface area contributed by atoms with Crippen LogP contribution in [-0.4, -0.2) is 17.6 Å². The number of fused-ring (bicyclic) bond motifs is 1. The van der Waals surface area contributed by atoms with Crippen LogP contribution in [0.4, 0.5) is 0 Å². The molecule has 0 fully saturated rings. The molecule has 1 heterocycles. The Morgan fingerprint density at radius 1 is 1.28 bits per heavy atom. The SMILES string of the molecule is CCC(C)C(N)COc1cccc2ncccc12. The molecule has 1 aromatic carbocycles. The van der Waals surface area contributed by atoms with E-state index in [-0.39, 0.29) is 6.04 Å². The lowest BCUT2D eigenvalue weighted by molar-refractivity contribution is 0.252. The summed E-state index contributed by atoms with van der Waals surface area (Å²) in [7, 11) is 0. The fourth-order valence-corrected chi connectivity index (χ4v) is 1.85. The summed E-state index contributed by atoms with van der Waals surface area (Å²) in [5.74, 6) is 1.33. The van der Waals surface area contributed by atoms with E-state index in [9.17, 15) is 0 Å². The molecule has 3 nitrogen and oxygen atoms in total. The summed E-state index contributed by atoms with van der Waals surface area (Å²) in [6.07, 6.45) is 2.86. The van der Waals surface area contributed by atoms with Gasteiger partial charge in [-0.15, -0.1) is 0 Å². The van der Waals surface area contributed by atoms with Crippen LogP contribution in [0.25, 0.3) is 10.9 Å². The number of aromatic nitrogens is 1. The number of benzene rings is 1. The van der Waals surface area contributed by atoms with Crippen LogP contribution in [-0.2, 0) is 0 Å². The summed E-state index contributed by atoms with van der Waals surface area (Å²) in [5.41, 5.74) is 7.03. The van der Waals surface area contributed by atoms with Crippen LogP contribution in [0.2, 0.25) is 0 Å². The van der Waals surface area contributed by atoms with Gasteiger partial charge in [-0.1, -0.05) is 26.3 Å². The molecule has 2 unspecified atom stereocenters. The van der Waals surface area contributed by atoms with Gasteiger partial charge in [0, 0.05) is 17.6 Å². The lowest BCUT2D eigenvalue weighted by atomic mass is 10.0. The fourth-order valence-electron chi connectivity index (χ4n) is 1.85. The van der Waals surface area contributed by atoms with Crippen LogP contribution < -0.4 is 10.5 Å². The normalized spacial score (nSPS) is 14.4. The number of ether oxygens (including phenoxy) is 1. The monoisotopic (exact) mass is 244 g/mol. The number of nitrogens with zero attached hydrogens (tertiary/aromatic N) is 1. The third-order valence-electron chi connectivity index (χ3n) is 3.41. The van der Waals surface area contributed by atoms with Crippen LogP contribution in [0.15, 0.2) is 36.5 Å². The minimum Gasteiger partial charge on any atom is -0.491 e. The highest BCUT2D eigenvalue weighted by Gasteiger charge is 2.12. The second-order valence-electron chi connectivity index (χ2n) is 4.69. The van der Waals surface area contributed by atoms with Gasteiger partial charge in [0.15, 0.2) is 0 Å². The average molecular weight is 244 g/mol. The van der Waals surface area contributed by atoms with Gasteiger partial charge >= 0.3 is 0 Å². The predicted molar refractivity (Wildman–Crippen MR) is 74.7 cm³/mol. The van der Waals surface area contributed by atoms with Gasteiger partial charge < -0.3 is 10.5 Å². The highest BCUT2D eigenvalue weighted by Crippen LogP contribution is 2.24. The Morgan fingerprint density at radius 2 is 2.11 bits per heavy atom. The largest absolute Gasteiger partial charge is 0.491 e. The van der Waals surface area contributed by atoms with Gasteiger partial charge in [0.25, 0.3) is 0 Å². The summed E-state index contributed by atoms with van der Waals surface area (Å²) >= 11 is 0. The molecule has 0 bridgehead atoms. The van der Waals surface area contributed by atoms with Crippen LogP contribution >= 0.6 is 0 Å². The maximum Gasteiger partial charge on any atom is 0.128 e. The van der Waals surface area contributed by atoms with Gasteiger partial charge in [-0.3, -0.25) is 4.98 Å². The van der Waals surface area contributed by atoms with E-state index < -0.39 is 0 Å². The Labute approximate surface area is 108 Å². The maximum atomic E-state index is 6.08. The maximum absolute atomic E-state index is 6.08. The predicted octanol–water partition coefficient (Wildman–Crippen LogP) is 2.99.